The summed E-state index contributed by atoms with van der Waals surface area (Å²) in [6.07, 6.45) is 4.21. The van der Waals surface area contributed by atoms with E-state index in [2.05, 4.69) is 19.2 Å². The van der Waals surface area contributed by atoms with Crippen molar-refractivity contribution >= 4 is 5.69 Å². The first-order valence-electron chi connectivity index (χ1n) is 6.32. The van der Waals surface area contributed by atoms with Crippen LogP contribution in [0.25, 0.3) is 0 Å². The number of nitrogens with one attached hydrogen (secondary N) is 1. The second-order valence-corrected chi connectivity index (χ2v) is 5.65. The van der Waals surface area contributed by atoms with Crippen LogP contribution in [0.3, 0.4) is 0 Å². The van der Waals surface area contributed by atoms with Gasteiger partial charge in [0.2, 0.25) is 0 Å². The van der Waals surface area contributed by atoms with E-state index in [1.54, 1.807) is 0 Å². The van der Waals surface area contributed by atoms with Crippen molar-refractivity contribution in [3.05, 3.63) is 29.6 Å². The molecule has 0 spiro atoms. The van der Waals surface area contributed by atoms with E-state index in [9.17, 15) is 13.2 Å². The van der Waals surface area contributed by atoms with Gasteiger partial charge in [-0.25, -0.2) is 13.2 Å². The molecular weight excluding hydrogens is 239 g/mol. The van der Waals surface area contributed by atoms with Gasteiger partial charge < -0.3 is 5.32 Å². The molecule has 0 aliphatic heterocycles. The highest BCUT2D eigenvalue weighted by molar-refractivity contribution is 5.46. The lowest BCUT2D eigenvalue weighted by Gasteiger charge is -2.39. The zero-order chi connectivity index (χ0) is 13.3. The second kappa shape index (κ2) is 4.82. The van der Waals surface area contributed by atoms with Crippen LogP contribution in [0.5, 0.6) is 0 Å². The molecule has 1 atom stereocenters. The van der Waals surface area contributed by atoms with Crippen molar-refractivity contribution in [2.45, 2.75) is 45.6 Å². The lowest BCUT2D eigenvalue weighted by atomic mass is 9.73. The molecule has 0 heterocycles. The van der Waals surface area contributed by atoms with Crippen LogP contribution in [0.4, 0.5) is 18.9 Å². The van der Waals surface area contributed by atoms with Crippen molar-refractivity contribution in [1.82, 2.24) is 0 Å². The molecule has 1 nitrogen and oxygen atoms in total. The summed E-state index contributed by atoms with van der Waals surface area (Å²) < 4.78 is 39.6. The molecule has 0 amide bonds. The standard InChI is InChI=1S/C14H18F3N/c1-14(2)8-4-3-5-11(14)18-10-7-6-9(15)12(16)13(10)17/h6-7,11,18H,3-5,8H2,1-2H3. The van der Waals surface area contributed by atoms with Gasteiger partial charge in [-0.2, -0.15) is 0 Å². The highest BCUT2D eigenvalue weighted by Crippen LogP contribution is 2.37. The van der Waals surface area contributed by atoms with Gasteiger partial charge in [0.25, 0.3) is 0 Å². The third kappa shape index (κ3) is 2.47. The highest BCUT2D eigenvalue weighted by Gasteiger charge is 2.32. The Morgan fingerprint density at radius 2 is 1.83 bits per heavy atom. The summed E-state index contributed by atoms with van der Waals surface area (Å²) in [6.45, 7) is 4.23. The Morgan fingerprint density at radius 3 is 2.50 bits per heavy atom. The molecular formula is C14H18F3N. The maximum atomic E-state index is 13.6. The summed E-state index contributed by atoms with van der Waals surface area (Å²) >= 11 is 0. The molecule has 1 N–H and O–H groups in total. The van der Waals surface area contributed by atoms with E-state index in [1.165, 1.54) is 6.07 Å². The van der Waals surface area contributed by atoms with Crippen LogP contribution in [-0.2, 0) is 0 Å². The van der Waals surface area contributed by atoms with Crippen LogP contribution < -0.4 is 5.32 Å². The summed E-state index contributed by atoms with van der Waals surface area (Å²) in [4.78, 5) is 0. The normalized spacial score (nSPS) is 22.8. The van der Waals surface area contributed by atoms with Gasteiger partial charge in [0.1, 0.15) is 0 Å². The predicted molar refractivity (Wildman–Crippen MR) is 66.0 cm³/mol. The first-order chi connectivity index (χ1) is 8.42. The minimum absolute atomic E-state index is 0.0373. The maximum Gasteiger partial charge on any atom is 0.196 e. The van der Waals surface area contributed by atoms with Crippen LogP contribution in [0, 0.1) is 22.9 Å². The average Bonchev–Trinajstić information content (AvgIpc) is 2.32. The molecule has 2 rings (SSSR count). The van der Waals surface area contributed by atoms with Crippen molar-refractivity contribution in [3.63, 3.8) is 0 Å². The van der Waals surface area contributed by atoms with E-state index < -0.39 is 17.5 Å². The molecule has 0 aromatic heterocycles. The molecule has 0 saturated heterocycles. The van der Waals surface area contributed by atoms with Crippen molar-refractivity contribution in [3.8, 4) is 0 Å². The summed E-state index contributed by atoms with van der Waals surface area (Å²) in [5.74, 6) is -3.69. The van der Waals surface area contributed by atoms with Gasteiger partial charge in [-0.05, 0) is 30.4 Å². The topological polar surface area (TPSA) is 12.0 Å². The number of benzene rings is 1. The second-order valence-electron chi connectivity index (χ2n) is 5.65. The molecule has 1 aromatic carbocycles. The number of rotatable bonds is 2. The molecule has 1 saturated carbocycles. The van der Waals surface area contributed by atoms with Gasteiger partial charge in [0.05, 0.1) is 5.69 Å². The van der Waals surface area contributed by atoms with Gasteiger partial charge in [0, 0.05) is 6.04 Å². The smallest absolute Gasteiger partial charge is 0.196 e. The van der Waals surface area contributed by atoms with E-state index in [0.29, 0.717) is 0 Å². The largest absolute Gasteiger partial charge is 0.379 e. The van der Waals surface area contributed by atoms with Crippen molar-refractivity contribution in [2.75, 3.05) is 5.32 Å². The average molecular weight is 257 g/mol. The van der Waals surface area contributed by atoms with E-state index in [4.69, 9.17) is 0 Å². The summed E-state index contributed by atoms with van der Waals surface area (Å²) in [5, 5.41) is 3.03. The molecule has 1 aliphatic carbocycles. The van der Waals surface area contributed by atoms with Gasteiger partial charge >= 0.3 is 0 Å². The minimum atomic E-state index is -1.41. The number of hydrogen-bond donors (Lipinski definition) is 1. The van der Waals surface area contributed by atoms with E-state index >= 15 is 0 Å². The molecule has 1 unspecified atom stereocenters. The fourth-order valence-corrected chi connectivity index (χ4v) is 2.59. The number of halogens is 3. The molecule has 4 heteroatoms. The van der Waals surface area contributed by atoms with E-state index in [1.807, 2.05) is 0 Å². The fourth-order valence-electron chi connectivity index (χ4n) is 2.59. The highest BCUT2D eigenvalue weighted by atomic mass is 19.2. The van der Waals surface area contributed by atoms with Crippen molar-refractivity contribution in [1.29, 1.82) is 0 Å². The first-order valence-corrected chi connectivity index (χ1v) is 6.32. The molecule has 1 aromatic rings. The minimum Gasteiger partial charge on any atom is -0.379 e. The third-order valence-corrected chi connectivity index (χ3v) is 3.87. The molecule has 1 aliphatic rings. The van der Waals surface area contributed by atoms with Gasteiger partial charge in [-0.15, -0.1) is 0 Å². The predicted octanol–water partition coefficient (Wildman–Crippen LogP) is 4.48. The first kappa shape index (κ1) is 13.2. The van der Waals surface area contributed by atoms with Gasteiger partial charge in [0.15, 0.2) is 17.5 Å². The number of hydrogen-bond acceptors (Lipinski definition) is 1. The van der Waals surface area contributed by atoms with Crippen molar-refractivity contribution < 1.29 is 13.2 Å². The Labute approximate surface area is 105 Å². The maximum absolute atomic E-state index is 13.6. The Balaban J connectivity index is 2.21. The van der Waals surface area contributed by atoms with Crippen LogP contribution in [-0.4, -0.2) is 6.04 Å². The van der Waals surface area contributed by atoms with Crippen LogP contribution in [0.15, 0.2) is 12.1 Å². The van der Waals surface area contributed by atoms with Crippen LogP contribution in [0.1, 0.15) is 39.5 Å². The summed E-state index contributed by atoms with van der Waals surface area (Å²) in [5.41, 5.74) is 0.0871. The molecule has 100 valence electrons. The molecule has 18 heavy (non-hydrogen) atoms. The van der Waals surface area contributed by atoms with Crippen molar-refractivity contribution in [2.24, 2.45) is 5.41 Å². The lowest BCUT2D eigenvalue weighted by Crippen LogP contribution is -2.39. The molecule has 0 radical (unpaired) electrons. The monoisotopic (exact) mass is 257 g/mol. The Bertz CT molecular complexity index is 443. The van der Waals surface area contributed by atoms with Gasteiger partial charge in [-0.1, -0.05) is 26.7 Å². The quantitative estimate of drug-likeness (QED) is 0.770. The zero-order valence-corrected chi connectivity index (χ0v) is 10.7. The van der Waals surface area contributed by atoms with Crippen LogP contribution >= 0.6 is 0 Å². The fraction of sp³-hybridized carbons (Fsp3) is 0.571. The number of anilines is 1. The Hall–Kier alpha value is -1.19. The zero-order valence-electron chi connectivity index (χ0n) is 10.7. The lowest BCUT2D eigenvalue weighted by molar-refractivity contribution is 0.216. The van der Waals surface area contributed by atoms with Gasteiger partial charge in [-0.3, -0.25) is 0 Å². The summed E-state index contributed by atoms with van der Waals surface area (Å²) in [7, 11) is 0. The summed E-state index contributed by atoms with van der Waals surface area (Å²) in [6, 6.07) is 2.31. The van der Waals surface area contributed by atoms with E-state index in [-0.39, 0.29) is 17.1 Å². The molecule has 0 bridgehead atoms. The Morgan fingerprint density at radius 1 is 1.11 bits per heavy atom. The van der Waals surface area contributed by atoms with Crippen LogP contribution in [0.2, 0.25) is 0 Å². The molecule has 1 fully saturated rings. The Kier molecular flexibility index (Phi) is 3.55. The third-order valence-electron chi connectivity index (χ3n) is 3.87. The van der Waals surface area contributed by atoms with E-state index in [0.717, 1.165) is 31.7 Å². The SMILES string of the molecule is CC1(C)CCCCC1Nc1ccc(F)c(F)c1F.